The zero-order valence-electron chi connectivity index (χ0n) is 13.7. The fraction of sp³-hybridized carbons (Fsp3) is 0.235. The van der Waals surface area contributed by atoms with Gasteiger partial charge in [0.15, 0.2) is 5.96 Å². The second kappa shape index (κ2) is 6.59. The van der Waals surface area contributed by atoms with E-state index in [1.807, 2.05) is 22.6 Å². The van der Waals surface area contributed by atoms with E-state index in [0.717, 1.165) is 17.4 Å². The van der Waals surface area contributed by atoms with Crippen molar-refractivity contribution in [3.63, 3.8) is 0 Å². The van der Waals surface area contributed by atoms with E-state index in [0.29, 0.717) is 5.56 Å². The molecule has 0 bridgehead atoms. The number of rotatable bonds is 2. The Hall–Kier alpha value is -2.06. The number of nitrogens with zero attached hydrogens (tertiary/aromatic N) is 2. The second-order valence-corrected chi connectivity index (χ2v) is 8.16. The van der Waals surface area contributed by atoms with Crippen molar-refractivity contribution in [1.82, 2.24) is 10.2 Å². The van der Waals surface area contributed by atoms with E-state index in [9.17, 15) is 9.18 Å². The Morgan fingerprint density at radius 1 is 1.46 bits per heavy atom. The number of nitriles is 1. The van der Waals surface area contributed by atoms with E-state index >= 15 is 4.39 Å². The number of carbonyl (C=O) groups is 1. The lowest BCUT2D eigenvalue weighted by molar-refractivity contribution is -0.128. The molecule has 1 aromatic carbocycles. The van der Waals surface area contributed by atoms with Crippen molar-refractivity contribution >= 4 is 45.8 Å². The summed E-state index contributed by atoms with van der Waals surface area (Å²) in [5.41, 5.74) is -0.647. The summed E-state index contributed by atoms with van der Waals surface area (Å²) in [6.07, 6.45) is 0. The van der Waals surface area contributed by atoms with Crippen molar-refractivity contribution in [1.29, 1.82) is 10.7 Å². The third-order valence-electron chi connectivity index (χ3n) is 4.37. The zero-order chi connectivity index (χ0) is 19.2. The highest BCUT2D eigenvalue weighted by Crippen LogP contribution is 2.42. The van der Waals surface area contributed by atoms with Crippen LogP contribution < -0.4 is 5.32 Å². The summed E-state index contributed by atoms with van der Waals surface area (Å²) in [4.78, 5) is 13.8. The number of benzene rings is 1. The number of nitrogens with one attached hydrogen (secondary N) is 2. The molecule has 1 fully saturated rings. The monoisotopic (exact) mass is 486 g/mol. The van der Waals surface area contributed by atoms with Gasteiger partial charge >= 0.3 is 0 Å². The maximum atomic E-state index is 15.2. The van der Waals surface area contributed by atoms with Gasteiger partial charge in [0, 0.05) is 18.0 Å². The van der Waals surface area contributed by atoms with Crippen molar-refractivity contribution in [2.75, 3.05) is 7.05 Å². The molecule has 1 amide bonds. The largest absolute Gasteiger partial charge is 0.344 e. The lowest BCUT2D eigenvalue weighted by Crippen LogP contribution is -2.64. The van der Waals surface area contributed by atoms with Crippen LogP contribution in [0.1, 0.15) is 17.4 Å². The zero-order valence-corrected chi connectivity index (χ0v) is 16.7. The molecule has 0 saturated carbocycles. The van der Waals surface area contributed by atoms with Crippen LogP contribution in [0.4, 0.5) is 8.78 Å². The number of alkyl halides is 1. The van der Waals surface area contributed by atoms with Gasteiger partial charge in [0.2, 0.25) is 5.91 Å². The molecular weight excluding hydrogens is 473 g/mol. The second-order valence-electron chi connectivity index (χ2n) is 6.03. The van der Waals surface area contributed by atoms with Crippen molar-refractivity contribution in [3.05, 3.63) is 45.7 Å². The van der Waals surface area contributed by atoms with Crippen molar-refractivity contribution < 1.29 is 13.6 Å². The Balaban J connectivity index is 2.08. The van der Waals surface area contributed by atoms with E-state index in [2.05, 4.69) is 5.32 Å². The maximum absolute atomic E-state index is 15.2. The Kier molecular flexibility index (Phi) is 4.74. The highest BCUT2D eigenvalue weighted by Gasteiger charge is 2.48. The lowest BCUT2D eigenvalue weighted by atomic mass is 9.91. The average Bonchev–Trinajstić information content (AvgIpc) is 3.01. The standard InChI is InChI=1S/C17H13F2IN4OS/c1-17(13(20)15(25)24(2)16(22)23-17)14-12(19)10(7-26-14)8-3-4-11(18)9(5-8)6-21/h3-5,7,13H,1-2H3,(H2,22,23)/t13-,17+/m1/s1. The number of hydrogen-bond donors (Lipinski definition) is 2. The third-order valence-corrected chi connectivity index (χ3v) is 7.34. The first kappa shape index (κ1) is 18.7. The maximum Gasteiger partial charge on any atom is 0.244 e. The van der Waals surface area contributed by atoms with E-state index in [-0.39, 0.29) is 27.9 Å². The molecule has 134 valence electrons. The van der Waals surface area contributed by atoms with Gasteiger partial charge in [-0.25, -0.2) is 8.78 Å². The Morgan fingerprint density at radius 3 is 2.81 bits per heavy atom. The van der Waals surface area contributed by atoms with Crippen LogP contribution >= 0.6 is 33.9 Å². The molecule has 2 aromatic rings. The molecule has 9 heteroatoms. The SMILES string of the molecule is CN1C(=N)N[C@](C)(c2scc(-c3ccc(F)c(C#N)c3)c2F)[C@H](I)C1=O. The summed E-state index contributed by atoms with van der Waals surface area (Å²) in [5.74, 6) is -1.61. The molecule has 2 heterocycles. The van der Waals surface area contributed by atoms with Crippen LogP contribution in [0.2, 0.25) is 0 Å². The number of hydrogen-bond acceptors (Lipinski definition) is 4. The number of thiophene rings is 1. The molecule has 1 aliphatic rings. The molecular formula is C17H13F2IN4OS. The van der Waals surface area contributed by atoms with E-state index in [1.165, 1.54) is 24.1 Å². The molecule has 0 radical (unpaired) electrons. The summed E-state index contributed by atoms with van der Waals surface area (Å²) >= 11 is 3.06. The first-order valence-corrected chi connectivity index (χ1v) is 9.59. The molecule has 0 spiro atoms. The van der Waals surface area contributed by atoms with Crippen LogP contribution in [0.15, 0.2) is 23.6 Å². The summed E-state index contributed by atoms with van der Waals surface area (Å²) in [6.45, 7) is 1.67. The molecule has 1 saturated heterocycles. The molecule has 3 rings (SSSR count). The minimum absolute atomic E-state index is 0.103. The van der Waals surface area contributed by atoms with Crippen LogP contribution in [0.25, 0.3) is 11.1 Å². The number of amides is 1. The van der Waals surface area contributed by atoms with Gasteiger partial charge in [-0.05, 0) is 24.6 Å². The van der Waals surface area contributed by atoms with Crippen molar-refractivity contribution in [2.24, 2.45) is 0 Å². The van der Waals surface area contributed by atoms with Gasteiger partial charge in [0.25, 0.3) is 0 Å². The predicted octanol–water partition coefficient (Wildman–Crippen LogP) is 3.58. The Labute approximate surface area is 166 Å². The van der Waals surface area contributed by atoms with Gasteiger partial charge in [-0.15, -0.1) is 11.3 Å². The number of guanidine groups is 1. The van der Waals surface area contributed by atoms with Crippen LogP contribution in [-0.4, -0.2) is 27.7 Å². The first-order valence-electron chi connectivity index (χ1n) is 7.46. The molecule has 0 unspecified atom stereocenters. The number of halogens is 3. The third kappa shape index (κ3) is 2.77. The van der Waals surface area contributed by atoms with Gasteiger partial charge in [-0.2, -0.15) is 5.26 Å². The van der Waals surface area contributed by atoms with Gasteiger partial charge in [0.1, 0.15) is 21.6 Å². The Bertz CT molecular complexity index is 970. The molecule has 26 heavy (non-hydrogen) atoms. The molecule has 0 aliphatic carbocycles. The predicted molar refractivity (Wildman–Crippen MR) is 103 cm³/mol. The highest BCUT2D eigenvalue weighted by molar-refractivity contribution is 14.1. The van der Waals surface area contributed by atoms with Crippen LogP contribution in [0.5, 0.6) is 0 Å². The lowest BCUT2D eigenvalue weighted by Gasteiger charge is -2.42. The van der Waals surface area contributed by atoms with Crippen molar-refractivity contribution in [2.45, 2.75) is 16.4 Å². The fourth-order valence-corrected chi connectivity index (χ4v) is 4.96. The van der Waals surface area contributed by atoms with Crippen LogP contribution in [-0.2, 0) is 10.3 Å². The molecule has 1 aliphatic heterocycles. The summed E-state index contributed by atoms with van der Waals surface area (Å²) in [5, 5.41) is 21.4. The molecule has 2 N–H and O–H groups in total. The summed E-state index contributed by atoms with van der Waals surface area (Å²) in [7, 11) is 1.49. The van der Waals surface area contributed by atoms with Crippen LogP contribution in [0.3, 0.4) is 0 Å². The topological polar surface area (TPSA) is 80.0 Å². The van der Waals surface area contributed by atoms with Gasteiger partial charge in [-0.3, -0.25) is 15.1 Å². The van der Waals surface area contributed by atoms with Gasteiger partial charge in [-0.1, -0.05) is 28.7 Å². The van der Waals surface area contributed by atoms with E-state index in [4.69, 9.17) is 10.7 Å². The molecule has 2 atom stereocenters. The average molecular weight is 486 g/mol. The van der Waals surface area contributed by atoms with E-state index in [1.54, 1.807) is 18.4 Å². The van der Waals surface area contributed by atoms with Crippen molar-refractivity contribution in [3.8, 4) is 17.2 Å². The van der Waals surface area contributed by atoms with Crippen LogP contribution in [0, 0.1) is 28.4 Å². The minimum Gasteiger partial charge on any atom is -0.344 e. The summed E-state index contributed by atoms with van der Waals surface area (Å²) < 4.78 is 28.1. The first-order chi connectivity index (χ1) is 12.2. The van der Waals surface area contributed by atoms with Gasteiger partial charge in [0.05, 0.1) is 16.0 Å². The number of carbonyl (C=O) groups excluding carboxylic acids is 1. The van der Waals surface area contributed by atoms with E-state index < -0.39 is 21.1 Å². The van der Waals surface area contributed by atoms with Gasteiger partial charge < -0.3 is 5.32 Å². The molecule has 1 aromatic heterocycles. The minimum atomic E-state index is -1.09. The highest BCUT2D eigenvalue weighted by atomic mass is 127. The quantitative estimate of drug-likeness (QED) is 0.503. The summed E-state index contributed by atoms with van der Waals surface area (Å²) in [6, 6.07) is 5.57. The smallest absolute Gasteiger partial charge is 0.244 e. The fourth-order valence-electron chi connectivity index (χ4n) is 2.76. The molecule has 5 nitrogen and oxygen atoms in total. The Morgan fingerprint density at radius 2 is 2.15 bits per heavy atom. The normalized spacial score (nSPS) is 22.9.